The van der Waals surface area contributed by atoms with Gasteiger partial charge in [0.25, 0.3) is 0 Å². The van der Waals surface area contributed by atoms with Crippen LogP contribution in [0.25, 0.3) is 0 Å². The molecule has 64 valence electrons. The minimum Gasteiger partial charge on any atom is -0.378 e. The van der Waals surface area contributed by atoms with Crippen LogP contribution in [-0.4, -0.2) is 12.8 Å². The zero-order valence-corrected chi connectivity index (χ0v) is 7.54. The Morgan fingerprint density at radius 3 is 2.75 bits per heavy atom. The van der Waals surface area contributed by atoms with E-state index >= 15 is 0 Å². The number of aliphatic imine (C=N–C) groups is 1. The van der Waals surface area contributed by atoms with Crippen molar-refractivity contribution in [3.8, 4) is 0 Å². The van der Waals surface area contributed by atoms with Crippen molar-refractivity contribution in [3.05, 3.63) is 24.3 Å². The van der Waals surface area contributed by atoms with Crippen molar-refractivity contribution in [2.45, 2.75) is 13.8 Å². The monoisotopic (exact) mass is 162 g/mol. The first kappa shape index (κ1) is 8.78. The molecule has 0 radical (unpaired) electrons. The van der Waals surface area contributed by atoms with Crippen molar-refractivity contribution in [1.82, 2.24) is 0 Å². The maximum atomic E-state index is 4.21. The fraction of sp³-hybridized carbons (Fsp3) is 0.300. The van der Waals surface area contributed by atoms with Gasteiger partial charge in [0.05, 0.1) is 17.9 Å². The van der Waals surface area contributed by atoms with Gasteiger partial charge in [-0.1, -0.05) is 26.0 Å². The number of anilines is 1. The first-order valence-corrected chi connectivity index (χ1v) is 4.32. The number of para-hydroxylation sites is 2. The third kappa shape index (κ3) is 1.84. The summed E-state index contributed by atoms with van der Waals surface area (Å²) >= 11 is 0. The lowest BCUT2D eigenvalue weighted by molar-refractivity contribution is 1.34. The van der Waals surface area contributed by atoms with Crippen molar-refractivity contribution < 1.29 is 0 Å². The van der Waals surface area contributed by atoms with Crippen LogP contribution in [0.15, 0.2) is 29.3 Å². The maximum Gasteiger partial charge on any atom is 0.0857 e. The molecule has 0 unspecified atom stereocenters. The van der Waals surface area contributed by atoms with Crippen LogP contribution < -0.4 is 5.32 Å². The van der Waals surface area contributed by atoms with Crippen LogP contribution in [0.5, 0.6) is 0 Å². The molecule has 1 heterocycles. The molecule has 0 saturated heterocycles. The fourth-order valence-electron chi connectivity index (χ4n) is 1.04. The normalized spacial score (nSPS) is 12.2. The summed E-state index contributed by atoms with van der Waals surface area (Å²) in [5, 5.41) is 3.21. The summed E-state index contributed by atoms with van der Waals surface area (Å²) < 4.78 is 0. The predicted octanol–water partition coefficient (Wildman–Crippen LogP) is 2.84. The standard InChI is InChI=1S/C8H8N2.C2H6/c1-2-4-8-7(3-1)9-5-6-10-8;1-2/h1-5,10H,6H2;1-2H3. The summed E-state index contributed by atoms with van der Waals surface area (Å²) in [6.07, 6.45) is 1.88. The Morgan fingerprint density at radius 1 is 1.25 bits per heavy atom. The average Bonchev–Trinajstić information content (AvgIpc) is 2.21. The van der Waals surface area contributed by atoms with E-state index in [9.17, 15) is 0 Å². The molecule has 12 heavy (non-hydrogen) atoms. The smallest absolute Gasteiger partial charge is 0.0857 e. The van der Waals surface area contributed by atoms with E-state index in [-0.39, 0.29) is 0 Å². The molecule has 2 heteroatoms. The Bertz CT molecular complexity index is 266. The topological polar surface area (TPSA) is 24.4 Å². The van der Waals surface area contributed by atoms with Crippen LogP contribution in [0.1, 0.15) is 13.8 Å². The molecular weight excluding hydrogens is 148 g/mol. The SMILES string of the molecule is C1=Nc2ccccc2NC1.CC. The number of hydrogen-bond donors (Lipinski definition) is 1. The minimum absolute atomic E-state index is 0.844. The summed E-state index contributed by atoms with van der Waals surface area (Å²) in [5.41, 5.74) is 2.17. The zero-order chi connectivity index (χ0) is 8.81. The van der Waals surface area contributed by atoms with Gasteiger partial charge in [-0.25, -0.2) is 0 Å². The number of nitrogens with zero attached hydrogens (tertiary/aromatic N) is 1. The number of benzene rings is 1. The van der Waals surface area contributed by atoms with E-state index in [1.807, 2.05) is 44.3 Å². The van der Waals surface area contributed by atoms with Gasteiger partial charge in [0.15, 0.2) is 0 Å². The molecule has 2 nitrogen and oxygen atoms in total. The van der Waals surface area contributed by atoms with Crippen LogP contribution in [0.3, 0.4) is 0 Å². The van der Waals surface area contributed by atoms with Crippen LogP contribution >= 0.6 is 0 Å². The van der Waals surface area contributed by atoms with Gasteiger partial charge in [-0.15, -0.1) is 0 Å². The molecule has 0 atom stereocenters. The molecule has 1 aromatic rings. The van der Waals surface area contributed by atoms with E-state index < -0.39 is 0 Å². The van der Waals surface area contributed by atoms with Crippen molar-refractivity contribution >= 4 is 17.6 Å². The first-order chi connectivity index (χ1) is 5.97. The van der Waals surface area contributed by atoms with Crippen LogP contribution in [-0.2, 0) is 0 Å². The molecule has 0 spiro atoms. The summed E-state index contributed by atoms with van der Waals surface area (Å²) in [6, 6.07) is 8.03. The Hall–Kier alpha value is -1.31. The molecule has 1 aliphatic rings. The van der Waals surface area contributed by atoms with E-state index in [0.29, 0.717) is 0 Å². The highest BCUT2D eigenvalue weighted by molar-refractivity contribution is 5.80. The Morgan fingerprint density at radius 2 is 2.00 bits per heavy atom. The highest BCUT2D eigenvalue weighted by atomic mass is 14.9. The van der Waals surface area contributed by atoms with E-state index in [1.165, 1.54) is 0 Å². The Kier molecular flexibility index (Phi) is 3.33. The lowest BCUT2D eigenvalue weighted by Crippen LogP contribution is -2.05. The first-order valence-electron chi connectivity index (χ1n) is 4.32. The van der Waals surface area contributed by atoms with Crippen LogP contribution in [0.4, 0.5) is 11.4 Å². The van der Waals surface area contributed by atoms with Crippen molar-refractivity contribution in [2.24, 2.45) is 4.99 Å². The second kappa shape index (κ2) is 4.54. The third-order valence-electron chi connectivity index (χ3n) is 1.52. The van der Waals surface area contributed by atoms with Gasteiger partial charge in [-0.05, 0) is 12.1 Å². The second-order valence-corrected chi connectivity index (χ2v) is 2.21. The van der Waals surface area contributed by atoms with Gasteiger partial charge in [0, 0.05) is 6.21 Å². The van der Waals surface area contributed by atoms with Gasteiger partial charge in [0.1, 0.15) is 0 Å². The van der Waals surface area contributed by atoms with E-state index in [2.05, 4.69) is 10.3 Å². The fourth-order valence-corrected chi connectivity index (χ4v) is 1.04. The summed E-state index contributed by atoms with van der Waals surface area (Å²) in [4.78, 5) is 4.21. The lowest BCUT2D eigenvalue weighted by Gasteiger charge is -2.10. The molecule has 0 amide bonds. The van der Waals surface area contributed by atoms with Gasteiger partial charge >= 0.3 is 0 Å². The third-order valence-corrected chi connectivity index (χ3v) is 1.52. The number of nitrogens with one attached hydrogen (secondary N) is 1. The Balaban J connectivity index is 0.000000336. The molecule has 0 aromatic heterocycles. The van der Waals surface area contributed by atoms with E-state index in [4.69, 9.17) is 0 Å². The minimum atomic E-state index is 0.844. The number of hydrogen-bond acceptors (Lipinski definition) is 2. The summed E-state index contributed by atoms with van der Waals surface area (Å²) in [5.74, 6) is 0. The molecule has 1 aliphatic heterocycles. The molecule has 2 rings (SSSR count). The quantitative estimate of drug-likeness (QED) is 0.623. The van der Waals surface area contributed by atoms with Crippen LogP contribution in [0, 0.1) is 0 Å². The van der Waals surface area contributed by atoms with Crippen molar-refractivity contribution in [1.29, 1.82) is 0 Å². The molecule has 0 fully saturated rings. The highest BCUT2D eigenvalue weighted by Crippen LogP contribution is 2.24. The highest BCUT2D eigenvalue weighted by Gasteiger charge is 2.00. The second-order valence-electron chi connectivity index (χ2n) is 2.21. The van der Waals surface area contributed by atoms with Gasteiger partial charge in [0.2, 0.25) is 0 Å². The molecule has 0 bridgehead atoms. The lowest BCUT2D eigenvalue weighted by atomic mass is 10.2. The van der Waals surface area contributed by atoms with Crippen LogP contribution in [0.2, 0.25) is 0 Å². The average molecular weight is 162 g/mol. The predicted molar refractivity (Wildman–Crippen MR) is 54.4 cm³/mol. The van der Waals surface area contributed by atoms with E-state index in [0.717, 1.165) is 17.9 Å². The number of fused-ring (bicyclic) bond motifs is 1. The van der Waals surface area contributed by atoms with Gasteiger partial charge < -0.3 is 5.32 Å². The van der Waals surface area contributed by atoms with Crippen molar-refractivity contribution in [2.75, 3.05) is 11.9 Å². The summed E-state index contributed by atoms with van der Waals surface area (Å²) in [6.45, 7) is 4.84. The Labute approximate surface area is 73.3 Å². The van der Waals surface area contributed by atoms with E-state index in [1.54, 1.807) is 0 Å². The molecule has 1 aromatic carbocycles. The summed E-state index contributed by atoms with van der Waals surface area (Å²) in [7, 11) is 0. The number of rotatable bonds is 0. The molecule has 0 saturated carbocycles. The zero-order valence-electron chi connectivity index (χ0n) is 7.54. The molecule has 1 N–H and O–H groups in total. The molecule has 0 aliphatic carbocycles. The molecular formula is C10H14N2. The van der Waals surface area contributed by atoms with Gasteiger partial charge in [-0.2, -0.15) is 0 Å². The largest absolute Gasteiger partial charge is 0.378 e. The van der Waals surface area contributed by atoms with Crippen molar-refractivity contribution in [3.63, 3.8) is 0 Å². The maximum absolute atomic E-state index is 4.21. The van der Waals surface area contributed by atoms with Gasteiger partial charge in [-0.3, -0.25) is 4.99 Å².